The average molecular weight is 543 g/mol. The number of nitrogens with one attached hydrogen (secondary N) is 1. The normalized spacial score (nSPS) is 16.3. The van der Waals surface area contributed by atoms with Crippen molar-refractivity contribution in [2.75, 3.05) is 19.6 Å². The Kier molecular flexibility index (Phi) is 7.26. The van der Waals surface area contributed by atoms with E-state index in [9.17, 15) is 22.8 Å². The molecule has 0 radical (unpaired) electrons. The lowest BCUT2D eigenvalue weighted by atomic mass is 9.92. The number of hydrogen-bond donors (Lipinski definition) is 1. The van der Waals surface area contributed by atoms with Crippen LogP contribution < -0.4 is 5.32 Å². The summed E-state index contributed by atoms with van der Waals surface area (Å²) in [5.74, 6) is 0.139. The molecule has 2 aliphatic heterocycles. The first-order chi connectivity index (χ1) is 18.1. The molecule has 4 heterocycles. The smallest absolute Gasteiger partial charge is 0.352 e. The van der Waals surface area contributed by atoms with Gasteiger partial charge in [0.1, 0.15) is 5.65 Å². The Labute approximate surface area is 223 Å². The number of piperidine rings is 1. The van der Waals surface area contributed by atoms with Crippen LogP contribution in [0.3, 0.4) is 0 Å². The lowest BCUT2D eigenvalue weighted by Crippen LogP contribution is -2.38. The average Bonchev–Trinajstić information content (AvgIpc) is 3.37. The third-order valence-electron chi connectivity index (χ3n) is 7.38. The molecule has 0 unspecified atom stereocenters. The van der Waals surface area contributed by atoms with Crippen LogP contribution in [0.15, 0.2) is 52.5 Å². The number of allylic oxidation sites excluding steroid dienone is 1. The number of hydrogen-bond acceptors (Lipinski definition) is 4. The molecule has 0 spiro atoms. The van der Waals surface area contributed by atoms with Crippen molar-refractivity contribution in [3.8, 4) is 0 Å². The van der Waals surface area contributed by atoms with Gasteiger partial charge in [-0.05, 0) is 86.9 Å². The van der Waals surface area contributed by atoms with E-state index in [1.54, 1.807) is 4.90 Å². The highest BCUT2D eigenvalue weighted by atomic mass is 32.2. The molecular formula is C28H29F3N4O2S. The van der Waals surface area contributed by atoms with Gasteiger partial charge in [0, 0.05) is 25.2 Å². The molecule has 1 aromatic carbocycles. The molecule has 2 aliphatic rings. The molecule has 0 aliphatic carbocycles. The summed E-state index contributed by atoms with van der Waals surface area (Å²) in [6, 6.07) is 8.44. The van der Waals surface area contributed by atoms with E-state index in [1.165, 1.54) is 23.9 Å². The van der Waals surface area contributed by atoms with Gasteiger partial charge in [-0.25, -0.2) is 4.98 Å². The van der Waals surface area contributed by atoms with Crippen molar-refractivity contribution >= 4 is 34.8 Å². The monoisotopic (exact) mass is 542 g/mol. The van der Waals surface area contributed by atoms with Crippen molar-refractivity contribution in [3.05, 3.63) is 69.9 Å². The Morgan fingerprint density at radius 3 is 2.47 bits per heavy atom. The molecule has 200 valence electrons. The van der Waals surface area contributed by atoms with E-state index < -0.39 is 11.7 Å². The number of carbonyl (C=O) groups is 2. The largest absolute Gasteiger partial charge is 0.416 e. The van der Waals surface area contributed by atoms with Crippen LogP contribution in [-0.4, -0.2) is 45.7 Å². The molecule has 10 heteroatoms. The number of nitrogens with zero attached hydrogens (tertiary/aromatic N) is 3. The fourth-order valence-electron chi connectivity index (χ4n) is 5.14. The molecule has 1 fully saturated rings. The highest BCUT2D eigenvalue weighted by Crippen LogP contribution is 2.39. The molecule has 2 amide bonds. The first kappa shape index (κ1) is 26.3. The summed E-state index contributed by atoms with van der Waals surface area (Å²) in [5, 5.41) is 4.04. The minimum atomic E-state index is -4.41. The number of imidazole rings is 1. The fourth-order valence-corrected chi connectivity index (χ4v) is 6.18. The molecule has 6 nitrogen and oxygen atoms in total. The van der Waals surface area contributed by atoms with Crippen LogP contribution in [-0.2, 0) is 11.0 Å². The van der Waals surface area contributed by atoms with Crippen molar-refractivity contribution in [1.82, 2.24) is 19.6 Å². The highest BCUT2D eigenvalue weighted by molar-refractivity contribution is 8.04. The maximum atomic E-state index is 13.0. The minimum absolute atomic E-state index is 0.0781. The number of thioether (sulfide) groups is 1. The first-order valence-corrected chi connectivity index (χ1v) is 13.6. The second-order valence-electron chi connectivity index (χ2n) is 9.92. The SMILES string of the molecule is CC1=C(C(=O)NCCCC2CCN(C(=O)c3ccc(C(F)(F)F)cc3)CC2)Sc2ccc(C)c3ncc1n23. The minimum Gasteiger partial charge on any atom is -0.352 e. The van der Waals surface area contributed by atoms with Crippen molar-refractivity contribution in [1.29, 1.82) is 0 Å². The van der Waals surface area contributed by atoms with Crippen molar-refractivity contribution in [2.24, 2.45) is 5.92 Å². The van der Waals surface area contributed by atoms with Gasteiger partial charge in [0.25, 0.3) is 11.8 Å². The number of aromatic nitrogens is 2. The molecule has 1 saturated heterocycles. The Morgan fingerprint density at radius 2 is 1.79 bits per heavy atom. The molecular weight excluding hydrogens is 513 g/mol. The Hall–Kier alpha value is -3.27. The second-order valence-corrected chi connectivity index (χ2v) is 11.0. The number of benzene rings is 1. The van der Waals surface area contributed by atoms with E-state index >= 15 is 0 Å². The lowest BCUT2D eigenvalue weighted by Gasteiger charge is -2.32. The molecule has 0 atom stereocenters. The number of rotatable bonds is 6. The van der Waals surface area contributed by atoms with Crippen LogP contribution in [0.2, 0.25) is 0 Å². The number of likely N-dealkylation sites (tertiary alicyclic amines) is 1. The summed E-state index contributed by atoms with van der Waals surface area (Å²) in [6.45, 7) is 5.71. The zero-order valence-electron chi connectivity index (χ0n) is 21.3. The molecule has 5 rings (SSSR count). The van der Waals surface area contributed by atoms with Crippen LogP contribution >= 0.6 is 11.8 Å². The maximum absolute atomic E-state index is 13.0. The van der Waals surface area contributed by atoms with Gasteiger partial charge < -0.3 is 10.2 Å². The van der Waals surface area contributed by atoms with E-state index in [0.29, 0.717) is 30.5 Å². The zero-order chi connectivity index (χ0) is 27.0. The van der Waals surface area contributed by atoms with Gasteiger partial charge in [-0.15, -0.1) is 0 Å². The molecule has 0 saturated carbocycles. The van der Waals surface area contributed by atoms with E-state index in [1.807, 2.05) is 32.2 Å². The van der Waals surface area contributed by atoms with Gasteiger partial charge in [0.15, 0.2) is 0 Å². The van der Waals surface area contributed by atoms with Gasteiger partial charge >= 0.3 is 6.18 Å². The first-order valence-electron chi connectivity index (χ1n) is 12.7. The Morgan fingerprint density at radius 1 is 1.08 bits per heavy atom. The summed E-state index contributed by atoms with van der Waals surface area (Å²) in [6.07, 6.45) is 0.874. The number of aryl methyl sites for hydroxylation is 1. The summed E-state index contributed by atoms with van der Waals surface area (Å²) >= 11 is 1.47. The maximum Gasteiger partial charge on any atom is 0.416 e. The van der Waals surface area contributed by atoms with Crippen LogP contribution in [0.25, 0.3) is 11.2 Å². The summed E-state index contributed by atoms with van der Waals surface area (Å²) in [7, 11) is 0. The standard InChI is InChI=1S/C28H29F3N4O2S/c1-17-5-10-23-35-22(16-33-25(17)35)18(2)24(38-23)26(36)32-13-3-4-19-11-14-34(15-12-19)27(37)20-6-8-21(9-7-20)28(29,30)31/h5-10,16,19H,3-4,11-15H2,1-2H3,(H,32,36). The van der Waals surface area contributed by atoms with E-state index in [4.69, 9.17) is 0 Å². The zero-order valence-corrected chi connectivity index (χ0v) is 22.1. The van der Waals surface area contributed by atoms with E-state index in [0.717, 1.165) is 65.3 Å². The highest BCUT2D eigenvalue weighted by Gasteiger charge is 2.31. The topological polar surface area (TPSA) is 66.7 Å². The predicted molar refractivity (Wildman–Crippen MR) is 141 cm³/mol. The van der Waals surface area contributed by atoms with Crippen molar-refractivity contribution in [2.45, 2.75) is 50.7 Å². The summed E-state index contributed by atoms with van der Waals surface area (Å²) in [4.78, 5) is 32.6. The fraction of sp³-hybridized carbons (Fsp3) is 0.393. The molecule has 2 aromatic heterocycles. The van der Waals surface area contributed by atoms with Crippen LogP contribution in [0.5, 0.6) is 0 Å². The number of halogens is 3. The van der Waals surface area contributed by atoms with Crippen LogP contribution in [0.1, 0.15) is 59.8 Å². The van der Waals surface area contributed by atoms with E-state index in [-0.39, 0.29) is 17.4 Å². The molecule has 38 heavy (non-hydrogen) atoms. The molecule has 3 aromatic rings. The van der Waals surface area contributed by atoms with Crippen LogP contribution in [0.4, 0.5) is 13.2 Å². The van der Waals surface area contributed by atoms with Gasteiger partial charge in [-0.3, -0.25) is 14.0 Å². The third-order valence-corrected chi connectivity index (χ3v) is 8.61. The summed E-state index contributed by atoms with van der Waals surface area (Å²) < 4.78 is 40.4. The molecule has 1 N–H and O–H groups in total. The number of amides is 2. The quantitative estimate of drug-likeness (QED) is 0.391. The van der Waals surface area contributed by atoms with Crippen LogP contribution in [0, 0.1) is 12.8 Å². The number of carbonyl (C=O) groups excluding carboxylic acids is 2. The van der Waals surface area contributed by atoms with Gasteiger partial charge in [0.05, 0.1) is 27.4 Å². The van der Waals surface area contributed by atoms with Crippen molar-refractivity contribution in [3.63, 3.8) is 0 Å². The Balaban J connectivity index is 1.08. The van der Waals surface area contributed by atoms with Crippen molar-refractivity contribution < 1.29 is 22.8 Å². The Bertz CT molecular complexity index is 1400. The predicted octanol–water partition coefficient (Wildman–Crippen LogP) is 5.95. The second kappa shape index (κ2) is 10.5. The summed E-state index contributed by atoms with van der Waals surface area (Å²) in [5.41, 5.74) is 3.39. The van der Waals surface area contributed by atoms with Gasteiger partial charge in [-0.1, -0.05) is 17.8 Å². The van der Waals surface area contributed by atoms with E-state index in [2.05, 4.69) is 14.7 Å². The number of pyridine rings is 1. The molecule has 0 bridgehead atoms. The third kappa shape index (κ3) is 5.18. The lowest BCUT2D eigenvalue weighted by molar-refractivity contribution is -0.137. The van der Waals surface area contributed by atoms with Gasteiger partial charge in [0.2, 0.25) is 0 Å². The number of alkyl halides is 3. The van der Waals surface area contributed by atoms with Gasteiger partial charge in [-0.2, -0.15) is 13.2 Å².